The molecule has 0 radical (unpaired) electrons. The Balaban J connectivity index is 1.80. The molecule has 0 aliphatic carbocycles. The van der Waals surface area contributed by atoms with E-state index < -0.39 is 12.1 Å². The fraction of sp³-hybridized carbons (Fsp3) is 0.133. The van der Waals surface area contributed by atoms with Crippen molar-refractivity contribution in [2.45, 2.75) is 13.0 Å². The van der Waals surface area contributed by atoms with Crippen LogP contribution in [0.3, 0.4) is 0 Å². The van der Waals surface area contributed by atoms with Crippen LogP contribution in [-0.2, 0) is 4.74 Å². The van der Waals surface area contributed by atoms with Crippen molar-refractivity contribution >= 4 is 17.3 Å². The van der Waals surface area contributed by atoms with Crippen molar-refractivity contribution < 1.29 is 9.53 Å². The van der Waals surface area contributed by atoms with Crippen LogP contribution in [0.1, 0.15) is 33.8 Å². The standard InChI is InChI=1S/C15H11N5O2S/c1-10(12-4-2-3-11(7-12)8-16)22-15(21)14-13(5-6-23-14)20-9-17-18-19-20/h2-7,9-10H,1H3. The maximum absolute atomic E-state index is 12.4. The minimum absolute atomic E-state index is 0.417. The number of thiophene rings is 1. The smallest absolute Gasteiger partial charge is 0.351 e. The van der Waals surface area contributed by atoms with Crippen LogP contribution >= 0.6 is 11.3 Å². The van der Waals surface area contributed by atoms with Gasteiger partial charge in [-0.15, -0.1) is 16.4 Å². The van der Waals surface area contributed by atoms with Crippen molar-refractivity contribution in [3.8, 4) is 11.8 Å². The van der Waals surface area contributed by atoms with E-state index in [1.54, 1.807) is 36.6 Å². The molecule has 8 heteroatoms. The van der Waals surface area contributed by atoms with Gasteiger partial charge in [0.15, 0.2) is 0 Å². The highest BCUT2D eigenvalue weighted by Crippen LogP contribution is 2.25. The van der Waals surface area contributed by atoms with Crippen molar-refractivity contribution in [2.24, 2.45) is 0 Å². The van der Waals surface area contributed by atoms with Gasteiger partial charge in [-0.05, 0) is 46.5 Å². The van der Waals surface area contributed by atoms with Crippen LogP contribution in [0.4, 0.5) is 0 Å². The van der Waals surface area contributed by atoms with Crippen LogP contribution < -0.4 is 0 Å². The number of esters is 1. The molecule has 2 aromatic heterocycles. The van der Waals surface area contributed by atoms with Gasteiger partial charge in [0.1, 0.15) is 17.3 Å². The van der Waals surface area contributed by atoms with E-state index in [4.69, 9.17) is 10.00 Å². The van der Waals surface area contributed by atoms with Gasteiger partial charge < -0.3 is 4.74 Å². The molecule has 3 rings (SSSR count). The Morgan fingerprint density at radius 2 is 2.30 bits per heavy atom. The monoisotopic (exact) mass is 325 g/mol. The molecule has 0 N–H and O–H groups in total. The molecular weight excluding hydrogens is 314 g/mol. The van der Waals surface area contributed by atoms with Crippen LogP contribution in [0.5, 0.6) is 0 Å². The van der Waals surface area contributed by atoms with Crippen molar-refractivity contribution in [3.63, 3.8) is 0 Å². The Labute approximate surface area is 135 Å². The van der Waals surface area contributed by atoms with Gasteiger partial charge in [-0.3, -0.25) is 0 Å². The second kappa shape index (κ2) is 6.37. The zero-order valence-corrected chi connectivity index (χ0v) is 12.9. The predicted molar refractivity (Wildman–Crippen MR) is 82.0 cm³/mol. The lowest BCUT2D eigenvalue weighted by Crippen LogP contribution is -2.10. The molecule has 23 heavy (non-hydrogen) atoms. The van der Waals surface area contributed by atoms with Crippen molar-refractivity contribution in [1.29, 1.82) is 5.26 Å². The SMILES string of the molecule is CC(OC(=O)c1sccc1-n1cnnn1)c1cccc(C#N)c1. The van der Waals surface area contributed by atoms with Gasteiger partial charge in [-0.2, -0.15) is 9.94 Å². The molecule has 0 aliphatic heterocycles. The quantitative estimate of drug-likeness (QED) is 0.684. The summed E-state index contributed by atoms with van der Waals surface area (Å²) in [4.78, 5) is 12.8. The van der Waals surface area contributed by atoms with Gasteiger partial charge in [0.05, 0.1) is 17.3 Å². The Hall–Kier alpha value is -3.05. The molecule has 114 valence electrons. The maximum atomic E-state index is 12.4. The van der Waals surface area contributed by atoms with Gasteiger partial charge in [-0.1, -0.05) is 12.1 Å². The number of rotatable bonds is 4. The number of carbonyl (C=O) groups excluding carboxylic acids is 1. The Morgan fingerprint density at radius 1 is 1.43 bits per heavy atom. The molecule has 0 spiro atoms. The Kier molecular flexibility index (Phi) is 4.12. The number of nitrogens with zero attached hydrogens (tertiary/aromatic N) is 5. The van der Waals surface area contributed by atoms with Crippen LogP contribution in [-0.4, -0.2) is 26.2 Å². The molecule has 0 fully saturated rings. The van der Waals surface area contributed by atoms with E-state index in [1.807, 2.05) is 6.07 Å². The number of benzene rings is 1. The number of nitriles is 1. The van der Waals surface area contributed by atoms with Gasteiger partial charge in [0.2, 0.25) is 0 Å². The first kappa shape index (κ1) is 14.9. The number of carbonyl (C=O) groups is 1. The summed E-state index contributed by atoms with van der Waals surface area (Å²) >= 11 is 1.26. The summed E-state index contributed by atoms with van der Waals surface area (Å²) in [5.41, 5.74) is 1.86. The minimum Gasteiger partial charge on any atom is -0.454 e. The largest absolute Gasteiger partial charge is 0.454 e. The van der Waals surface area contributed by atoms with Crippen LogP contribution in [0, 0.1) is 11.3 Å². The first-order chi connectivity index (χ1) is 11.2. The van der Waals surface area contributed by atoms with Gasteiger partial charge in [-0.25, -0.2) is 4.79 Å². The summed E-state index contributed by atoms with van der Waals surface area (Å²) in [6.45, 7) is 1.76. The lowest BCUT2D eigenvalue weighted by molar-refractivity contribution is 0.0343. The summed E-state index contributed by atoms with van der Waals surface area (Å²) in [5, 5.41) is 21.6. The van der Waals surface area contributed by atoms with E-state index in [1.165, 1.54) is 22.3 Å². The molecule has 7 nitrogen and oxygen atoms in total. The van der Waals surface area contributed by atoms with E-state index in [0.717, 1.165) is 5.56 Å². The van der Waals surface area contributed by atoms with Gasteiger partial charge >= 0.3 is 5.97 Å². The maximum Gasteiger partial charge on any atom is 0.351 e. The molecule has 1 unspecified atom stereocenters. The van der Waals surface area contributed by atoms with Crippen molar-refractivity contribution in [1.82, 2.24) is 20.2 Å². The third-order valence-electron chi connectivity index (χ3n) is 3.19. The Morgan fingerprint density at radius 3 is 3.04 bits per heavy atom. The highest BCUT2D eigenvalue weighted by molar-refractivity contribution is 7.12. The second-order valence-corrected chi connectivity index (χ2v) is 5.59. The molecule has 2 heterocycles. The minimum atomic E-state index is -0.473. The number of ether oxygens (including phenoxy) is 1. The lowest BCUT2D eigenvalue weighted by atomic mass is 10.1. The van der Waals surface area contributed by atoms with Crippen LogP contribution in [0.25, 0.3) is 5.69 Å². The summed E-state index contributed by atoms with van der Waals surface area (Å²) in [6.07, 6.45) is 0.943. The summed E-state index contributed by atoms with van der Waals surface area (Å²) in [6, 6.07) is 10.8. The summed E-state index contributed by atoms with van der Waals surface area (Å²) < 4.78 is 6.91. The third-order valence-corrected chi connectivity index (χ3v) is 4.08. The molecule has 0 aliphatic rings. The third kappa shape index (κ3) is 3.09. The van der Waals surface area contributed by atoms with E-state index in [2.05, 4.69) is 21.6 Å². The van der Waals surface area contributed by atoms with Gasteiger partial charge in [0, 0.05) is 0 Å². The molecule has 0 bridgehead atoms. The van der Waals surface area contributed by atoms with E-state index in [0.29, 0.717) is 16.1 Å². The van der Waals surface area contributed by atoms with E-state index in [-0.39, 0.29) is 0 Å². The van der Waals surface area contributed by atoms with Crippen LogP contribution in [0.2, 0.25) is 0 Å². The molecule has 3 aromatic rings. The summed E-state index contributed by atoms with van der Waals surface area (Å²) in [7, 11) is 0. The number of tetrazole rings is 1. The zero-order chi connectivity index (χ0) is 16.2. The average molecular weight is 325 g/mol. The molecule has 0 saturated heterocycles. The average Bonchev–Trinajstić information content (AvgIpc) is 3.25. The van der Waals surface area contributed by atoms with Crippen molar-refractivity contribution in [2.75, 3.05) is 0 Å². The molecule has 0 amide bonds. The summed E-state index contributed by atoms with van der Waals surface area (Å²) in [5.74, 6) is -0.458. The predicted octanol–water partition coefficient (Wildman–Crippen LogP) is 2.51. The topological polar surface area (TPSA) is 93.7 Å². The number of hydrogen-bond donors (Lipinski definition) is 0. The Bertz CT molecular complexity index is 866. The lowest BCUT2D eigenvalue weighted by Gasteiger charge is -2.13. The first-order valence-electron chi connectivity index (χ1n) is 6.71. The number of hydrogen-bond acceptors (Lipinski definition) is 7. The molecule has 1 aromatic carbocycles. The normalized spacial score (nSPS) is 11.7. The molecular formula is C15H11N5O2S. The molecule has 1 atom stereocenters. The van der Waals surface area contributed by atoms with Crippen LogP contribution in [0.15, 0.2) is 42.0 Å². The highest BCUT2D eigenvalue weighted by Gasteiger charge is 2.20. The second-order valence-electron chi connectivity index (χ2n) is 4.67. The fourth-order valence-electron chi connectivity index (χ4n) is 2.05. The first-order valence-corrected chi connectivity index (χ1v) is 7.59. The fourth-order valence-corrected chi connectivity index (χ4v) is 2.81. The van der Waals surface area contributed by atoms with Crippen molar-refractivity contribution in [3.05, 3.63) is 58.0 Å². The zero-order valence-electron chi connectivity index (χ0n) is 12.1. The van der Waals surface area contributed by atoms with E-state index >= 15 is 0 Å². The van der Waals surface area contributed by atoms with E-state index in [9.17, 15) is 4.79 Å². The van der Waals surface area contributed by atoms with Gasteiger partial charge in [0.25, 0.3) is 0 Å². The highest BCUT2D eigenvalue weighted by atomic mass is 32.1. The molecule has 0 saturated carbocycles. The number of aromatic nitrogens is 4.